The highest BCUT2D eigenvalue weighted by molar-refractivity contribution is 5.90. The van der Waals surface area contributed by atoms with E-state index in [1.807, 2.05) is 84.9 Å². The Balaban J connectivity index is 1.46. The summed E-state index contributed by atoms with van der Waals surface area (Å²) in [5, 5.41) is 18.6. The van der Waals surface area contributed by atoms with Crippen LogP contribution in [0.3, 0.4) is 0 Å². The number of ether oxygens (including phenoxy) is 2. The molecule has 0 radical (unpaired) electrons. The summed E-state index contributed by atoms with van der Waals surface area (Å²) < 4.78 is 12.2. The topological polar surface area (TPSA) is 93.1 Å². The van der Waals surface area contributed by atoms with Crippen molar-refractivity contribution in [1.29, 1.82) is 0 Å². The first-order valence-electron chi connectivity index (χ1n) is 16.0. The Hall–Kier alpha value is -4.52. The molecule has 0 saturated heterocycles. The number of carbonyl (C=O) groups is 2. The van der Waals surface area contributed by atoms with Gasteiger partial charge in [0.1, 0.15) is 12.2 Å². The van der Waals surface area contributed by atoms with E-state index in [2.05, 4.69) is 26.0 Å². The monoisotopic (exact) mass is 620 g/mol. The second kappa shape index (κ2) is 17.8. The van der Waals surface area contributed by atoms with E-state index in [0.717, 1.165) is 22.3 Å². The standard InChI is InChI=1S/C40H44O6/c1-29(37(33-21-17-31(18-22-33)25-27-41)45-39(43)35-13-5-3-6-14-35)11-9-10-12-30(2)38(34-23-19-32(20-24-34)26-28-42)46-40(44)36-15-7-4-8-16-36/h3-10,13-24,29-30,37-38,41-42H,11-12,25-28H2,1-2H3/b10-9+. The number of aliphatic hydroxyl groups excluding tert-OH is 2. The highest BCUT2D eigenvalue weighted by atomic mass is 16.5. The summed E-state index contributed by atoms with van der Waals surface area (Å²) >= 11 is 0. The van der Waals surface area contributed by atoms with Gasteiger partial charge in [-0.3, -0.25) is 0 Å². The number of aliphatic hydroxyl groups is 2. The summed E-state index contributed by atoms with van der Waals surface area (Å²) in [5.41, 5.74) is 4.84. The van der Waals surface area contributed by atoms with Gasteiger partial charge in [-0.25, -0.2) is 9.59 Å². The van der Waals surface area contributed by atoms with E-state index in [4.69, 9.17) is 9.47 Å². The summed E-state index contributed by atoms with van der Waals surface area (Å²) in [6, 6.07) is 33.7. The Kier molecular flexibility index (Phi) is 13.3. The molecule has 2 N–H and O–H groups in total. The number of esters is 2. The van der Waals surface area contributed by atoms with Gasteiger partial charge in [0.2, 0.25) is 0 Å². The molecule has 0 saturated carbocycles. The summed E-state index contributed by atoms with van der Waals surface area (Å²) in [6.45, 7) is 4.28. The molecule has 0 heterocycles. The van der Waals surface area contributed by atoms with Crippen LogP contribution < -0.4 is 0 Å². The maximum atomic E-state index is 13.1. The van der Waals surface area contributed by atoms with Crippen molar-refractivity contribution in [2.24, 2.45) is 11.8 Å². The zero-order chi connectivity index (χ0) is 32.7. The zero-order valence-electron chi connectivity index (χ0n) is 26.6. The van der Waals surface area contributed by atoms with Gasteiger partial charge in [-0.05, 0) is 72.2 Å². The molecule has 0 amide bonds. The van der Waals surface area contributed by atoms with Crippen LogP contribution in [0.15, 0.2) is 121 Å². The number of rotatable bonds is 16. The van der Waals surface area contributed by atoms with Gasteiger partial charge in [-0.2, -0.15) is 0 Å². The Morgan fingerprint density at radius 2 is 0.913 bits per heavy atom. The van der Waals surface area contributed by atoms with Crippen LogP contribution in [0.25, 0.3) is 0 Å². The van der Waals surface area contributed by atoms with Gasteiger partial charge in [0.25, 0.3) is 0 Å². The molecular weight excluding hydrogens is 576 g/mol. The van der Waals surface area contributed by atoms with Crippen LogP contribution in [-0.4, -0.2) is 35.4 Å². The van der Waals surface area contributed by atoms with Gasteiger partial charge < -0.3 is 19.7 Å². The van der Waals surface area contributed by atoms with E-state index < -0.39 is 12.2 Å². The van der Waals surface area contributed by atoms with Crippen molar-refractivity contribution in [2.75, 3.05) is 13.2 Å². The van der Waals surface area contributed by atoms with Gasteiger partial charge in [0.15, 0.2) is 0 Å². The quantitative estimate of drug-likeness (QED) is 0.0979. The molecule has 4 unspecified atom stereocenters. The lowest BCUT2D eigenvalue weighted by Gasteiger charge is -2.25. The third kappa shape index (κ3) is 9.99. The normalized spacial score (nSPS) is 13.9. The first-order valence-corrected chi connectivity index (χ1v) is 16.0. The van der Waals surface area contributed by atoms with Crippen molar-refractivity contribution >= 4 is 11.9 Å². The molecule has 0 spiro atoms. The highest BCUT2D eigenvalue weighted by Crippen LogP contribution is 2.32. The lowest BCUT2D eigenvalue weighted by atomic mass is 9.91. The minimum Gasteiger partial charge on any atom is -0.454 e. The van der Waals surface area contributed by atoms with E-state index in [0.29, 0.717) is 36.8 Å². The predicted molar refractivity (Wildman–Crippen MR) is 180 cm³/mol. The van der Waals surface area contributed by atoms with Gasteiger partial charge in [-0.15, -0.1) is 0 Å². The van der Waals surface area contributed by atoms with Crippen LogP contribution in [0, 0.1) is 11.8 Å². The van der Waals surface area contributed by atoms with E-state index >= 15 is 0 Å². The molecule has 4 aromatic carbocycles. The smallest absolute Gasteiger partial charge is 0.338 e. The number of carbonyl (C=O) groups excluding carboxylic acids is 2. The lowest BCUT2D eigenvalue weighted by molar-refractivity contribution is 0.0145. The van der Waals surface area contributed by atoms with Crippen molar-refractivity contribution in [1.82, 2.24) is 0 Å². The van der Waals surface area contributed by atoms with Crippen molar-refractivity contribution in [2.45, 2.75) is 51.7 Å². The minimum absolute atomic E-state index is 0.0197. The average molecular weight is 621 g/mol. The van der Waals surface area contributed by atoms with E-state index in [1.54, 1.807) is 24.3 Å². The summed E-state index contributed by atoms with van der Waals surface area (Å²) in [6.07, 6.45) is 5.75. The molecule has 46 heavy (non-hydrogen) atoms. The highest BCUT2D eigenvalue weighted by Gasteiger charge is 2.25. The fourth-order valence-electron chi connectivity index (χ4n) is 5.42. The number of hydrogen-bond acceptors (Lipinski definition) is 6. The van der Waals surface area contributed by atoms with Gasteiger partial charge in [0, 0.05) is 25.0 Å². The molecule has 0 aliphatic rings. The van der Waals surface area contributed by atoms with E-state index in [1.165, 1.54) is 0 Å². The molecule has 4 atom stereocenters. The molecule has 0 aliphatic heterocycles. The third-order valence-electron chi connectivity index (χ3n) is 8.12. The van der Waals surface area contributed by atoms with Crippen LogP contribution >= 0.6 is 0 Å². The van der Waals surface area contributed by atoms with Gasteiger partial charge in [0.05, 0.1) is 11.1 Å². The Morgan fingerprint density at radius 3 is 1.24 bits per heavy atom. The fraction of sp³-hybridized carbons (Fsp3) is 0.300. The molecule has 4 aromatic rings. The van der Waals surface area contributed by atoms with Crippen molar-refractivity contribution in [3.05, 3.63) is 155 Å². The first-order chi connectivity index (χ1) is 22.4. The third-order valence-corrected chi connectivity index (χ3v) is 8.12. The number of benzene rings is 4. The maximum Gasteiger partial charge on any atom is 0.338 e. The van der Waals surface area contributed by atoms with Crippen LogP contribution in [-0.2, 0) is 22.3 Å². The van der Waals surface area contributed by atoms with Crippen LogP contribution in [0.5, 0.6) is 0 Å². The molecule has 0 aliphatic carbocycles. The minimum atomic E-state index is -0.463. The SMILES string of the molecule is CC(C/C=C/CC(C)C(OC(=O)c1ccccc1)c1ccc(CCO)cc1)C(OC(=O)c1ccccc1)c1ccc(CCO)cc1. The first kappa shape index (κ1) is 34.4. The van der Waals surface area contributed by atoms with Crippen molar-refractivity contribution in [3.63, 3.8) is 0 Å². The van der Waals surface area contributed by atoms with Crippen LogP contribution in [0.1, 0.15) is 81.9 Å². The molecule has 6 nitrogen and oxygen atoms in total. The Morgan fingerprint density at radius 1 is 0.565 bits per heavy atom. The molecule has 6 heteroatoms. The van der Waals surface area contributed by atoms with Gasteiger partial charge in [-0.1, -0.05) is 111 Å². The zero-order valence-corrected chi connectivity index (χ0v) is 26.6. The molecule has 0 aromatic heterocycles. The van der Waals surface area contributed by atoms with Crippen molar-refractivity contribution in [3.8, 4) is 0 Å². The molecule has 4 rings (SSSR count). The largest absolute Gasteiger partial charge is 0.454 e. The molecule has 240 valence electrons. The summed E-state index contributed by atoms with van der Waals surface area (Å²) in [7, 11) is 0. The molecular formula is C40H44O6. The lowest BCUT2D eigenvalue weighted by Crippen LogP contribution is -2.18. The fourth-order valence-corrected chi connectivity index (χ4v) is 5.42. The van der Waals surface area contributed by atoms with Crippen LogP contribution in [0.4, 0.5) is 0 Å². The summed E-state index contributed by atoms with van der Waals surface area (Å²) in [5.74, 6) is -0.785. The average Bonchev–Trinajstić information content (AvgIpc) is 3.09. The van der Waals surface area contributed by atoms with Crippen molar-refractivity contribution < 1.29 is 29.3 Å². The van der Waals surface area contributed by atoms with E-state index in [9.17, 15) is 19.8 Å². The summed E-state index contributed by atoms with van der Waals surface area (Å²) in [4.78, 5) is 26.1. The Labute approximate surface area is 272 Å². The molecule has 0 fully saturated rings. The van der Waals surface area contributed by atoms with Gasteiger partial charge >= 0.3 is 11.9 Å². The second-order valence-electron chi connectivity index (χ2n) is 11.7. The maximum absolute atomic E-state index is 13.1. The Bertz CT molecular complexity index is 1400. The number of hydrogen-bond donors (Lipinski definition) is 2. The second-order valence-corrected chi connectivity index (χ2v) is 11.7. The number of allylic oxidation sites excluding steroid dienone is 2. The predicted octanol–water partition coefficient (Wildman–Crippen LogP) is 7.86. The van der Waals surface area contributed by atoms with E-state index in [-0.39, 0.29) is 37.0 Å². The molecule has 0 bridgehead atoms. The van der Waals surface area contributed by atoms with Crippen LogP contribution in [0.2, 0.25) is 0 Å².